The Morgan fingerprint density at radius 2 is 2.00 bits per heavy atom. The van der Waals surface area contributed by atoms with Crippen molar-refractivity contribution in [1.82, 2.24) is 10.2 Å². The first-order valence-corrected chi connectivity index (χ1v) is 6.15. The number of piperidine rings is 1. The molecule has 0 aliphatic carbocycles. The average Bonchev–Trinajstić information content (AvgIpc) is 2.22. The summed E-state index contributed by atoms with van der Waals surface area (Å²) < 4.78 is 0. The van der Waals surface area contributed by atoms with E-state index in [2.05, 4.69) is 38.0 Å². The summed E-state index contributed by atoms with van der Waals surface area (Å²) >= 11 is 0. The van der Waals surface area contributed by atoms with Gasteiger partial charge < -0.3 is 5.32 Å². The highest BCUT2D eigenvalue weighted by molar-refractivity contribution is 4.85. The van der Waals surface area contributed by atoms with Gasteiger partial charge in [-0.25, -0.2) is 0 Å². The fourth-order valence-corrected chi connectivity index (χ4v) is 2.75. The molecule has 1 rings (SSSR count). The molecule has 2 heteroatoms. The van der Waals surface area contributed by atoms with Crippen molar-refractivity contribution in [1.29, 1.82) is 0 Å². The van der Waals surface area contributed by atoms with Crippen molar-refractivity contribution < 1.29 is 0 Å². The second-order valence-electron chi connectivity index (χ2n) is 4.57. The van der Waals surface area contributed by atoms with E-state index in [1.807, 2.05) is 0 Å². The van der Waals surface area contributed by atoms with Gasteiger partial charge in [-0.05, 0) is 39.7 Å². The molecule has 1 aliphatic rings. The van der Waals surface area contributed by atoms with Crippen LogP contribution in [-0.4, -0.2) is 36.6 Å². The molecular formula is C12H26N2. The lowest BCUT2D eigenvalue weighted by molar-refractivity contribution is 0.0847. The highest BCUT2D eigenvalue weighted by atomic mass is 15.2. The molecule has 2 nitrogen and oxygen atoms in total. The summed E-state index contributed by atoms with van der Waals surface area (Å²) in [6.07, 6.45) is 5.22. The van der Waals surface area contributed by atoms with E-state index in [1.54, 1.807) is 0 Å². The molecule has 0 saturated carbocycles. The quantitative estimate of drug-likeness (QED) is 0.745. The second kappa shape index (κ2) is 5.72. The number of hydrogen-bond donors (Lipinski definition) is 1. The van der Waals surface area contributed by atoms with Crippen LogP contribution in [0.4, 0.5) is 0 Å². The van der Waals surface area contributed by atoms with E-state index in [-0.39, 0.29) is 0 Å². The van der Waals surface area contributed by atoms with Crippen LogP contribution < -0.4 is 5.32 Å². The van der Waals surface area contributed by atoms with Gasteiger partial charge in [-0.15, -0.1) is 0 Å². The molecule has 1 fully saturated rings. The van der Waals surface area contributed by atoms with Crippen molar-refractivity contribution in [3.63, 3.8) is 0 Å². The van der Waals surface area contributed by atoms with Gasteiger partial charge in [0.1, 0.15) is 0 Å². The largest absolute Gasteiger partial charge is 0.317 e. The summed E-state index contributed by atoms with van der Waals surface area (Å²) in [4.78, 5) is 2.70. The van der Waals surface area contributed by atoms with E-state index < -0.39 is 0 Å². The molecular weight excluding hydrogens is 172 g/mol. The first kappa shape index (κ1) is 12.0. The van der Waals surface area contributed by atoms with Crippen LogP contribution in [0.2, 0.25) is 0 Å². The molecule has 0 aromatic rings. The maximum Gasteiger partial charge on any atom is 0.00928 e. The third-order valence-corrected chi connectivity index (χ3v) is 3.75. The SMILES string of the molecule is CCC(CC)N1CCC(NC)CC1C. The Kier molecular flexibility index (Phi) is 4.90. The minimum Gasteiger partial charge on any atom is -0.317 e. The van der Waals surface area contributed by atoms with Crippen LogP contribution in [0.25, 0.3) is 0 Å². The van der Waals surface area contributed by atoms with Crippen LogP contribution in [-0.2, 0) is 0 Å². The fraction of sp³-hybridized carbons (Fsp3) is 1.00. The zero-order valence-corrected chi connectivity index (χ0v) is 10.2. The lowest BCUT2D eigenvalue weighted by Crippen LogP contribution is -2.50. The highest BCUT2D eigenvalue weighted by Gasteiger charge is 2.27. The van der Waals surface area contributed by atoms with Gasteiger partial charge in [-0.3, -0.25) is 4.90 Å². The molecule has 84 valence electrons. The molecule has 0 aromatic heterocycles. The number of nitrogens with one attached hydrogen (secondary N) is 1. The molecule has 0 aromatic carbocycles. The zero-order chi connectivity index (χ0) is 10.6. The highest BCUT2D eigenvalue weighted by Crippen LogP contribution is 2.22. The Morgan fingerprint density at radius 1 is 1.36 bits per heavy atom. The van der Waals surface area contributed by atoms with Gasteiger partial charge in [0.05, 0.1) is 0 Å². The van der Waals surface area contributed by atoms with Gasteiger partial charge in [-0.2, -0.15) is 0 Å². The predicted octanol–water partition coefficient (Wildman–Crippen LogP) is 2.25. The summed E-state index contributed by atoms with van der Waals surface area (Å²) in [6, 6.07) is 2.31. The summed E-state index contributed by atoms with van der Waals surface area (Å²) in [5.41, 5.74) is 0. The van der Waals surface area contributed by atoms with Crippen molar-refractivity contribution in [3.05, 3.63) is 0 Å². The normalized spacial score (nSPS) is 29.8. The summed E-state index contributed by atoms with van der Waals surface area (Å²) in [6.45, 7) is 8.27. The van der Waals surface area contributed by atoms with E-state index in [4.69, 9.17) is 0 Å². The van der Waals surface area contributed by atoms with Crippen molar-refractivity contribution >= 4 is 0 Å². The minimum atomic E-state index is 0.746. The van der Waals surface area contributed by atoms with E-state index in [0.717, 1.165) is 18.1 Å². The van der Waals surface area contributed by atoms with E-state index >= 15 is 0 Å². The van der Waals surface area contributed by atoms with Crippen LogP contribution in [0, 0.1) is 0 Å². The van der Waals surface area contributed by atoms with Crippen LogP contribution in [0.3, 0.4) is 0 Å². The Bertz CT molecular complexity index is 154. The summed E-state index contributed by atoms with van der Waals surface area (Å²) in [5.74, 6) is 0. The van der Waals surface area contributed by atoms with Crippen molar-refractivity contribution in [3.8, 4) is 0 Å². The fourth-order valence-electron chi connectivity index (χ4n) is 2.75. The third kappa shape index (κ3) is 2.71. The number of nitrogens with zero attached hydrogens (tertiary/aromatic N) is 1. The van der Waals surface area contributed by atoms with Crippen LogP contribution >= 0.6 is 0 Å². The molecule has 1 heterocycles. The molecule has 14 heavy (non-hydrogen) atoms. The predicted molar refractivity (Wildman–Crippen MR) is 62.6 cm³/mol. The lowest BCUT2D eigenvalue weighted by atomic mass is 9.95. The van der Waals surface area contributed by atoms with Crippen LogP contribution in [0.5, 0.6) is 0 Å². The van der Waals surface area contributed by atoms with E-state index in [9.17, 15) is 0 Å². The average molecular weight is 198 g/mol. The van der Waals surface area contributed by atoms with Gasteiger partial charge in [-0.1, -0.05) is 13.8 Å². The summed E-state index contributed by atoms with van der Waals surface area (Å²) in [5, 5.41) is 3.40. The first-order chi connectivity index (χ1) is 6.72. The lowest BCUT2D eigenvalue weighted by Gasteiger charge is -2.42. The molecule has 1 aliphatic heterocycles. The maximum absolute atomic E-state index is 3.40. The standard InChI is InChI=1S/C12H26N2/c1-5-12(6-2)14-8-7-11(13-4)9-10(14)3/h10-13H,5-9H2,1-4H3. The van der Waals surface area contributed by atoms with Gasteiger partial charge in [0.2, 0.25) is 0 Å². The van der Waals surface area contributed by atoms with Gasteiger partial charge >= 0.3 is 0 Å². The van der Waals surface area contributed by atoms with Crippen molar-refractivity contribution in [2.75, 3.05) is 13.6 Å². The van der Waals surface area contributed by atoms with E-state index in [1.165, 1.54) is 32.2 Å². The molecule has 0 amide bonds. The first-order valence-electron chi connectivity index (χ1n) is 6.15. The Hall–Kier alpha value is -0.0800. The van der Waals surface area contributed by atoms with Gasteiger partial charge in [0.25, 0.3) is 0 Å². The smallest absolute Gasteiger partial charge is 0.00928 e. The van der Waals surface area contributed by atoms with Crippen LogP contribution in [0.1, 0.15) is 46.5 Å². The monoisotopic (exact) mass is 198 g/mol. The zero-order valence-electron chi connectivity index (χ0n) is 10.2. The van der Waals surface area contributed by atoms with Crippen molar-refractivity contribution in [2.24, 2.45) is 0 Å². The molecule has 2 atom stereocenters. The minimum absolute atomic E-state index is 0.746. The topological polar surface area (TPSA) is 15.3 Å². The van der Waals surface area contributed by atoms with Gasteiger partial charge in [0.15, 0.2) is 0 Å². The van der Waals surface area contributed by atoms with E-state index in [0.29, 0.717) is 0 Å². The van der Waals surface area contributed by atoms with Crippen molar-refractivity contribution in [2.45, 2.75) is 64.6 Å². The number of likely N-dealkylation sites (tertiary alicyclic amines) is 1. The molecule has 0 radical (unpaired) electrons. The Balaban J connectivity index is 2.48. The summed E-state index contributed by atoms with van der Waals surface area (Å²) in [7, 11) is 2.09. The molecule has 2 unspecified atom stereocenters. The molecule has 1 saturated heterocycles. The molecule has 0 spiro atoms. The van der Waals surface area contributed by atoms with Crippen LogP contribution in [0.15, 0.2) is 0 Å². The Morgan fingerprint density at radius 3 is 2.43 bits per heavy atom. The van der Waals surface area contributed by atoms with Gasteiger partial charge in [0, 0.05) is 24.7 Å². The third-order valence-electron chi connectivity index (χ3n) is 3.75. The number of rotatable bonds is 4. The second-order valence-corrected chi connectivity index (χ2v) is 4.57. The maximum atomic E-state index is 3.40. The Labute approximate surface area is 89.1 Å². The molecule has 1 N–H and O–H groups in total. The molecule has 0 bridgehead atoms. The number of hydrogen-bond acceptors (Lipinski definition) is 2.